The third kappa shape index (κ3) is 0.793. The molecular weight excluding hydrogens is 118 g/mol. The number of hydrogen-bond donors (Lipinski definition) is 0. The van der Waals surface area contributed by atoms with Gasteiger partial charge in [0, 0.05) is 4.53 Å². The quantitative estimate of drug-likeness (QED) is 0.487. The van der Waals surface area contributed by atoms with Crippen molar-refractivity contribution in [3.05, 3.63) is 15.4 Å². The summed E-state index contributed by atoms with van der Waals surface area (Å²) in [6.07, 6.45) is 2.01. The minimum atomic E-state index is 0.887. The first kappa shape index (κ1) is 5.51. The minimum absolute atomic E-state index is 0.887. The van der Waals surface area contributed by atoms with Crippen molar-refractivity contribution in [1.82, 2.24) is 4.98 Å². The van der Waals surface area contributed by atoms with Crippen LogP contribution in [0.4, 0.5) is 0 Å². The monoisotopic (exact) mass is 125 g/mol. The molecule has 1 aromatic heterocycles. The zero-order valence-corrected chi connectivity index (χ0v) is 5.53. The van der Waals surface area contributed by atoms with E-state index in [9.17, 15) is 0 Å². The lowest BCUT2D eigenvalue weighted by atomic mass is 10.6. The molecule has 0 N–H and O–H groups in total. The lowest BCUT2D eigenvalue weighted by Gasteiger charge is -1.64. The normalized spacial score (nSPS) is 12.4. The molecule has 0 amide bonds. The highest BCUT2D eigenvalue weighted by molar-refractivity contribution is 7.07. The highest BCUT2D eigenvalue weighted by Crippen LogP contribution is 1.73. The molecule has 0 radical (unpaired) electrons. The molecule has 0 fully saturated rings. The second-order valence-electron chi connectivity index (χ2n) is 1.45. The van der Waals surface area contributed by atoms with Gasteiger partial charge in [0.1, 0.15) is 0 Å². The number of hydrogen-bond acceptors (Lipinski definition) is 2. The van der Waals surface area contributed by atoms with Crippen molar-refractivity contribution in [2.75, 3.05) is 0 Å². The summed E-state index contributed by atoms with van der Waals surface area (Å²) >= 11 is 1.62. The summed E-state index contributed by atoms with van der Waals surface area (Å²) in [4.78, 5) is 3.96. The van der Waals surface area contributed by atoms with Crippen LogP contribution in [0, 0.1) is 0 Å². The summed E-state index contributed by atoms with van der Waals surface area (Å²) in [6.45, 7) is 5.71. The van der Waals surface area contributed by atoms with Crippen LogP contribution in [0.1, 0.15) is 6.92 Å². The molecule has 2 heteroatoms. The second kappa shape index (κ2) is 2.09. The van der Waals surface area contributed by atoms with Crippen LogP contribution < -0.4 is 9.88 Å². The Morgan fingerprint density at radius 3 is 2.88 bits per heavy atom. The summed E-state index contributed by atoms with van der Waals surface area (Å²) < 4.78 is 1.17. The van der Waals surface area contributed by atoms with E-state index in [0.29, 0.717) is 0 Å². The highest BCUT2D eigenvalue weighted by Gasteiger charge is 1.78. The fraction of sp³-hybridized carbons (Fsp3) is 0.167. The lowest BCUT2D eigenvalue weighted by molar-refractivity contribution is 1.33. The molecule has 1 rings (SSSR count). The molecule has 0 saturated carbocycles. The van der Waals surface area contributed by atoms with Crippen LogP contribution in [0.3, 0.4) is 0 Å². The highest BCUT2D eigenvalue weighted by atomic mass is 32.1. The predicted octanol–water partition coefficient (Wildman–Crippen LogP) is 0.354. The molecule has 0 saturated heterocycles. The van der Waals surface area contributed by atoms with E-state index in [1.165, 1.54) is 4.53 Å². The van der Waals surface area contributed by atoms with Gasteiger partial charge in [-0.2, -0.15) is 0 Å². The van der Waals surface area contributed by atoms with Gasteiger partial charge < -0.3 is 0 Å². The van der Waals surface area contributed by atoms with Crippen LogP contribution >= 0.6 is 11.3 Å². The van der Waals surface area contributed by atoms with Crippen LogP contribution in [0.2, 0.25) is 0 Å². The van der Waals surface area contributed by atoms with E-state index in [4.69, 9.17) is 0 Å². The third-order valence-electron chi connectivity index (χ3n) is 0.935. The number of thiazole rings is 1. The topological polar surface area (TPSA) is 12.9 Å². The first-order valence-electron chi connectivity index (χ1n) is 2.39. The number of aromatic nitrogens is 1. The molecule has 1 aromatic rings. The van der Waals surface area contributed by atoms with Gasteiger partial charge in [0.15, 0.2) is 0 Å². The minimum Gasteiger partial charge on any atom is -0.245 e. The lowest BCUT2D eigenvalue weighted by Crippen LogP contribution is -2.17. The number of nitrogens with zero attached hydrogens (tertiary/aromatic N) is 1. The standard InChI is InChI=1S/C6H7NS/c1-3-6-5(2)7-4-8-6/h3-4H,2H2,1H3/b6-3+. The molecule has 0 aliphatic carbocycles. The van der Waals surface area contributed by atoms with Gasteiger partial charge in [-0.25, -0.2) is 4.98 Å². The Kier molecular flexibility index (Phi) is 1.44. The Morgan fingerprint density at radius 2 is 2.62 bits per heavy atom. The van der Waals surface area contributed by atoms with E-state index in [-0.39, 0.29) is 0 Å². The summed E-state index contributed by atoms with van der Waals surface area (Å²) in [5, 5.41) is 0.887. The molecule has 0 atom stereocenters. The van der Waals surface area contributed by atoms with E-state index < -0.39 is 0 Å². The summed E-state index contributed by atoms with van der Waals surface area (Å²) in [7, 11) is 0. The van der Waals surface area contributed by atoms with Crippen molar-refractivity contribution >= 4 is 24.0 Å². The Labute approximate surface area is 52.0 Å². The molecule has 8 heavy (non-hydrogen) atoms. The van der Waals surface area contributed by atoms with Crippen LogP contribution in [0.25, 0.3) is 12.7 Å². The number of rotatable bonds is 0. The van der Waals surface area contributed by atoms with E-state index in [1.54, 1.807) is 16.8 Å². The SMILES string of the molecule is C=c1ncs/c1=C/C. The zero-order chi connectivity index (χ0) is 5.98. The third-order valence-corrected chi connectivity index (χ3v) is 1.87. The molecule has 0 aliphatic rings. The van der Waals surface area contributed by atoms with Gasteiger partial charge in [0.05, 0.1) is 10.9 Å². The van der Waals surface area contributed by atoms with Crippen molar-refractivity contribution in [1.29, 1.82) is 0 Å². The van der Waals surface area contributed by atoms with Crippen molar-refractivity contribution in [2.45, 2.75) is 6.92 Å². The molecule has 1 nitrogen and oxygen atoms in total. The van der Waals surface area contributed by atoms with Gasteiger partial charge in [0.2, 0.25) is 0 Å². The van der Waals surface area contributed by atoms with Crippen molar-refractivity contribution in [3.8, 4) is 0 Å². The van der Waals surface area contributed by atoms with Crippen molar-refractivity contribution in [2.24, 2.45) is 0 Å². The molecule has 0 spiro atoms. The van der Waals surface area contributed by atoms with Gasteiger partial charge in [0.25, 0.3) is 0 Å². The second-order valence-corrected chi connectivity index (χ2v) is 2.34. The van der Waals surface area contributed by atoms with E-state index in [2.05, 4.69) is 11.6 Å². The molecular formula is C6H7NS. The largest absolute Gasteiger partial charge is 0.245 e. The first-order chi connectivity index (χ1) is 3.84. The van der Waals surface area contributed by atoms with Crippen molar-refractivity contribution < 1.29 is 0 Å². The van der Waals surface area contributed by atoms with Crippen LogP contribution in [0.5, 0.6) is 0 Å². The summed E-state index contributed by atoms with van der Waals surface area (Å²) in [5.74, 6) is 0. The maximum absolute atomic E-state index is 3.96. The maximum atomic E-state index is 3.96. The van der Waals surface area contributed by atoms with E-state index in [0.717, 1.165) is 5.35 Å². The zero-order valence-electron chi connectivity index (χ0n) is 4.72. The Hall–Kier alpha value is -0.630. The molecule has 0 aliphatic heterocycles. The van der Waals surface area contributed by atoms with Gasteiger partial charge in [-0.1, -0.05) is 12.7 Å². The average Bonchev–Trinajstić information content (AvgIpc) is 2.14. The first-order valence-corrected chi connectivity index (χ1v) is 3.27. The van der Waals surface area contributed by atoms with Gasteiger partial charge in [-0.05, 0) is 6.92 Å². The van der Waals surface area contributed by atoms with Crippen LogP contribution in [-0.2, 0) is 0 Å². The molecule has 0 bridgehead atoms. The summed E-state index contributed by atoms with van der Waals surface area (Å²) in [5.41, 5.74) is 1.80. The van der Waals surface area contributed by atoms with E-state index in [1.807, 2.05) is 13.0 Å². The fourth-order valence-electron chi connectivity index (χ4n) is 0.513. The molecule has 42 valence electrons. The fourth-order valence-corrected chi connectivity index (χ4v) is 1.13. The van der Waals surface area contributed by atoms with E-state index >= 15 is 0 Å². The summed E-state index contributed by atoms with van der Waals surface area (Å²) in [6, 6.07) is 0. The Balaban J connectivity index is 3.55. The van der Waals surface area contributed by atoms with Crippen LogP contribution in [0.15, 0.2) is 5.51 Å². The smallest absolute Gasteiger partial charge is 0.0804 e. The predicted molar refractivity (Wildman–Crippen MR) is 37.0 cm³/mol. The van der Waals surface area contributed by atoms with Crippen LogP contribution in [-0.4, -0.2) is 4.98 Å². The Bertz CT molecular complexity index is 260. The molecule has 0 unspecified atom stereocenters. The van der Waals surface area contributed by atoms with Gasteiger partial charge in [-0.3, -0.25) is 0 Å². The van der Waals surface area contributed by atoms with Crippen molar-refractivity contribution in [3.63, 3.8) is 0 Å². The molecule has 0 aromatic carbocycles. The van der Waals surface area contributed by atoms with Gasteiger partial charge >= 0.3 is 0 Å². The maximum Gasteiger partial charge on any atom is 0.0804 e. The average molecular weight is 125 g/mol. The Morgan fingerprint density at radius 1 is 1.88 bits per heavy atom. The molecule has 1 heterocycles. The van der Waals surface area contributed by atoms with Gasteiger partial charge in [-0.15, -0.1) is 11.3 Å².